The van der Waals surface area contributed by atoms with Gasteiger partial charge in [0, 0.05) is 25.4 Å². The molecule has 0 bridgehead atoms. The Morgan fingerprint density at radius 1 is 0.921 bits per heavy atom. The minimum absolute atomic E-state index is 0.0339. The number of nitrogens with zero attached hydrogens (tertiary/aromatic N) is 1. The van der Waals surface area contributed by atoms with Crippen LogP contribution in [0.3, 0.4) is 0 Å². The average molecular weight is 513 g/mol. The molecule has 1 heterocycles. The van der Waals surface area contributed by atoms with E-state index in [9.17, 15) is 9.59 Å². The highest BCUT2D eigenvalue weighted by molar-refractivity contribution is 5.88. The summed E-state index contributed by atoms with van der Waals surface area (Å²) in [5, 5.41) is 3.27. The van der Waals surface area contributed by atoms with E-state index >= 15 is 0 Å². The monoisotopic (exact) mass is 512 g/mol. The zero-order valence-corrected chi connectivity index (χ0v) is 22.0. The Bertz CT molecular complexity index is 1250. The smallest absolute Gasteiger partial charge is 0.243 e. The average Bonchev–Trinajstić information content (AvgIpc) is 3.62. The van der Waals surface area contributed by atoms with Crippen LogP contribution in [0.1, 0.15) is 54.4 Å². The molecular formula is C32H36N2O4. The SMILES string of the molecule is Cc1ccccc1CN(C(=O)CCc1ccc2c(c1)OCO2)C(Cc1ccccc1)C(=O)NC1CCCC1. The number of hydrogen-bond acceptors (Lipinski definition) is 4. The van der Waals surface area contributed by atoms with E-state index in [1.165, 1.54) is 0 Å². The number of rotatable bonds is 10. The van der Waals surface area contributed by atoms with Gasteiger partial charge in [-0.05, 0) is 60.6 Å². The summed E-state index contributed by atoms with van der Waals surface area (Å²) in [5.41, 5.74) is 4.21. The van der Waals surface area contributed by atoms with Crippen molar-refractivity contribution in [3.63, 3.8) is 0 Å². The second-order valence-electron chi connectivity index (χ2n) is 10.3. The third-order valence-electron chi connectivity index (χ3n) is 7.64. The van der Waals surface area contributed by atoms with Crippen LogP contribution in [-0.4, -0.2) is 35.6 Å². The maximum Gasteiger partial charge on any atom is 0.243 e. The van der Waals surface area contributed by atoms with Crippen LogP contribution in [0.4, 0.5) is 0 Å². The van der Waals surface area contributed by atoms with Crippen LogP contribution in [0.5, 0.6) is 11.5 Å². The summed E-state index contributed by atoms with van der Waals surface area (Å²) in [6.45, 7) is 2.66. The summed E-state index contributed by atoms with van der Waals surface area (Å²) in [7, 11) is 0. The van der Waals surface area contributed by atoms with E-state index in [0.29, 0.717) is 31.6 Å². The predicted molar refractivity (Wildman–Crippen MR) is 147 cm³/mol. The third-order valence-corrected chi connectivity index (χ3v) is 7.64. The standard InChI is InChI=1S/C32H36N2O4/c1-23-9-5-6-12-26(23)21-34(31(35)18-16-25-15-17-29-30(20-25)38-22-37-29)28(19-24-10-3-2-4-11-24)32(36)33-27-13-7-8-14-27/h2-6,9-12,15,17,20,27-28H,7-8,13-14,16,18-19,21-22H2,1H3,(H,33,36). The van der Waals surface area contributed by atoms with Gasteiger partial charge in [0.1, 0.15) is 6.04 Å². The molecule has 1 fully saturated rings. The van der Waals surface area contributed by atoms with Crippen molar-refractivity contribution in [3.8, 4) is 11.5 Å². The molecular weight excluding hydrogens is 476 g/mol. The van der Waals surface area contributed by atoms with Gasteiger partial charge in [-0.1, -0.05) is 73.5 Å². The Morgan fingerprint density at radius 2 is 1.66 bits per heavy atom. The second kappa shape index (κ2) is 12.2. The molecule has 1 N–H and O–H groups in total. The highest BCUT2D eigenvalue weighted by atomic mass is 16.7. The molecule has 0 radical (unpaired) electrons. The molecule has 1 aliphatic heterocycles. The molecule has 1 aliphatic carbocycles. The zero-order chi connectivity index (χ0) is 26.3. The molecule has 1 atom stereocenters. The van der Waals surface area contributed by atoms with E-state index in [0.717, 1.165) is 53.7 Å². The maximum absolute atomic E-state index is 13.9. The quantitative estimate of drug-likeness (QED) is 0.397. The van der Waals surface area contributed by atoms with Crippen LogP contribution in [0.15, 0.2) is 72.8 Å². The predicted octanol–water partition coefficient (Wildman–Crippen LogP) is 5.36. The molecule has 1 saturated carbocycles. The van der Waals surface area contributed by atoms with Gasteiger partial charge in [-0.3, -0.25) is 9.59 Å². The van der Waals surface area contributed by atoms with Gasteiger partial charge >= 0.3 is 0 Å². The fraction of sp³-hybridized carbons (Fsp3) is 0.375. The Labute approximate surface area is 225 Å². The Morgan fingerprint density at radius 3 is 2.45 bits per heavy atom. The second-order valence-corrected chi connectivity index (χ2v) is 10.3. The Hall–Kier alpha value is -3.80. The molecule has 0 spiro atoms. The van der Waals surface area contributed by atoms with Crippen molar-refractivity contribution in [3.05, 3.63) is 95.1 Å². The topological polar surface area (TPSA) is 67.9 Å². The minimum atomic E-state index is -0.595. The number of aryl methyl sites for hydroxylation is 2. The molecule has 2 aliphatic rings. The molecule has 198 valence electrons. The number of benzene rings is 3. The molecule has 5 rings (SSSR count). The lowest BCUT2D eigenvalue weighted by molar-refractivity contribution is -0.141. The van der Waals surface area contributed by atoms with Crippen LogP contribution in [0.25, 0.3) is 0 Å². The molecule has 3 aromatic rings. The molecule has 6 nitrogen and oxygen atoms in total. The summed E-state index contributed by atoms with van der Waals surface area (Å²) >= 11 is 0. The van der Waals surface area contributed by atoms with E-state index in [2.05, 4.69) is 18.3 Å². The molecule has 0 saturated heterocycles. The molecule has 6 heteroatoms. The van der Waals surface area contributed by atoms with Crippen molar-refractivity contribution in [1.82, 2.24) is 10.2 Å². The van der Waals surface area contributed by atoms with E-state index < -0.39 is 6.04 Å². The van der Waals surface area contributed by atoms with Crippen LogP contribution < -0.4 is 14.8 Å². The summed E-state index contributed by atoms with van der Waals surface area (Å²) in [6, 6.07) is 23.5. The van der Waals surface area contributed by atoms with E-state index in [-0.39, 0.29) is 24.6 Å². The van der Waals surface area contributed by atoms with Gasteiger partial charge in [0.2, 0.25) is 18.6 Å². The summed E-state index contributed by atoms with van der Waals surface area (Å²) in [4.78, 5) is 29.5. The van der Waals surface area contributed by atoms with Crippen molar-refractivity contribution < 1.29 is 19.1 Å². The lowest BCUT2D eigenvalue weighted by atomic mass is 10.00. The van der Waals surface area contributed by atoms with Gasteiger partial charge in [-0.25, -0.2) is 0 Å². The number of nitrogens with one attached hydrogen (secondary N) is 1. The molecule has 1 unspecified atom stereocenters. The van der Waals surface area contributed by atoms with Gasteiger partial charge < -0.3 is 19.7 Å². The number of ether oxygens (including phenoxy) is 2. The number of amides is 2. The minimum Gasteiger partial charge on any atom is -0.454 e. The number of hydrogen-bond donors (Lipinski definition) is 1. The molecule has 38 heavy (non-hydrogen) atoms. The number of carbonyl (C=O) groups is 2. The summed E-state index contributed by atoms with van der Waals surface area (Å²) < 4.78 is 10.9. The lowest BCUT2D eigenvalue weighted by Crippen LogP contribution is -2.52. The first-order valence-corrected chi connectivity index (χ1v) is 13.6. The molecule has 2 amide bonds. The summed E-state index contributed by atoms with van der Waals surface area (Å²) in [5.74, 6) is 1.34. The van der Waals surface area contributed by atoms with E-state index in [4.69, 9.17) is 9.47 Å². The fourth-order valence-electron chi connectivity index (χ4n) is 5.38. The van der Waals surface area contributed by atoms with Gasteiger partial charge in [-0.15, -0.1) is 0 Å². The highest BCUT2D eigenvalue weighted by Gasteiger charge is 2.32. The van der Waals surface area contributed by atoms with Crippen molar-refractivity contribution in [2.75, 3.05) is 6.79 Å². The largest absolute Gasteiger partial charge is 0.454 e. The van der Waals surface area contributed by atoms with Crippen LogP contribution in [-0.2, 0) is 29.0 Å². The zero-order valence-electron chi connectivity index (χ0n) is 22.0. The number of carbonyl (C=O) groups excluding carboxylic acids is 2. The number of fused-ring (bicyclic) bond motifs is 1. The molecule has 3 aromatic carbocycles. The summed E-state index contributed by atoms with van der Waals surface area (Å²) in [6.07, 6.45) is 5.60. The van der Waals surface area contributed by atoms with Gasteiger partial charge in [0.25, 0.3) is 0 Å². The van der Waals surface area contributed by atoms with Crippen molar-refractivity contribution in [2.24, 2.45) is 0 Å². The normalized spacial score (nSPS) is 15.3. The van der Waals surface area contributed by atoms with Crippen molar-refractivity contribution in [1.29, 1.82) is 0 Å². The highest BCUT2D eigenvalue weighted by Crippen LogP contribution is 2.33. The first kappa shape index (κ1) is 25.8. The Balaban J connectivity index is 1.40. The van der Waals surface area contributed by atoms with Crippen molar-refractivity contribution in [2.45, 2.75) is 70.5 Å². The van der Waals surface area contributed by atoms with Crippen molar-refractivity contribution >= 4 is 11.8 Å². The molecule has 0 aromatic heterocycles. The fourth-order valence-corrected chi connectivity index (χ4v) is 5.38. The van der Waals surface area contributed by atoms with Crippen LogP contribution >= 0.6 is 0 Å². The van der Waals surface area contributed by atoms with Gasteiger partial charge in [-0.2, -0.15) is 0 Å². The first-order valence-electron chi connectivity index (χ1n) is 13.6. The maximum atomic E-state index is 13.9. The third kappa shape index (κ3) is 6.36. The van der Waals surface area contributed by atoms with E-state index in [1.807, 2.05) is 66.7 Å². The first-order chi connectivity index (χ1) is 18.6. The lowest BCUT2D eigenvalue weighted by Gasteiger charge is -2.33. The van der Waals surface area contributed by atoms with Crippen LogP contribution in [0, 0.1) is 6.92 Å². The van der Waals surface area contributed by atoms with Gasteiger partial charge in [0.15, 0.2) is 11.5 Å². The van der Waals surface area contributed by atoms with Gasteiger partial charge in [0.05, 0.1) is 0 Å². The van der Waals surface area contributed by atoms with Crippen LogP contribution in [0.2, 0.25) is 0 Å². The Kier molecular flexibility index (Phi) is 8.27. The van der Waals surface area contributed by atoms with E-state index in [1.54, 1.807) is 4.90 Å².